The number of benzene rings is 1. The maximum absolute atomic E-state index is 5.22. The number of hydrogen-bond acceptors (Lipinski definition) is 3. The largest absolute Gasteiger partial charge is 0.337 e. The molecule has 0 radical (unpaired) electrons. The fraction of sp³-hybridized carbons (Fsp3) is 0.333. The zero-order chi connectivity index (χ0) is 11.8. The lowest BCUT2D eigenvalue weighted by Gasteiger charge is -2.07. The smallest absolute Gasteiger partial charge is 0.243 e. The Hall–Kier alpha value is -1.16. The molecule has 0 unspecified atom stereocenters. The monoisotopic (exact) mass is 280 g/mol. The quantitative estimate of drug-likeness (QED) is 0.788. The molecule has 0 aliphatic carbocycles. The van der Waals surface area contributed by atoms with E-state index in [0.717, 1.165) is 5.56 Å². The average Bonchev–Trinajstić information content (AvgIpc) is 2.65. The van der Waals surface area contributed by atoms with Crippen LogP contribution >= 0.6 is 15.9 Å². The van der Waals surface area contributed by atoms with E-state index >= 15 is 0 Å². The highest BCUT2D eigenvalue weighted by atomic mass is 79.9. The van der Waals surface area contributed by atoms with Crippen molar-refractivity contribution in [2.24, 2.45) is 0 Å². The van der Waals surface area contributed by atoms with E-state index in [1.165, 1.54) is 5.56 Å². The molecule has 0 fully saturated rings. The van der Waals surface area contributed by atoms with Crippen molar-refractivity contribution in [3.8, 4) is 11.4 Å². The van der Waals surface area contributed by atoms with E-state index in [2.05, 4.69) is 26.1 Å². The highest BCUT2D eigenvalue weighted by molar-refractivity contribution is 9.09. The van der Waals surface area contributed by atoms with E-state index in [1.54, 1.807) is 0 Å². The van der Waals surface area contributed by atoms with Crippen LogP contribution in [0.3, 0.4) is 0 Å². The fourth-order valence-corrected chi connectivity index (χ4v) is 1.53. The van der Waals surface area contributed by atoms with Crippen LogP contribution in [0.25, 0.3) is 11.4 Å². The van der Waals surface area contributed by atoms with Crippen molar-refractivity contribution in [1.82, 2.24) is 10.1 Å². The molecule has 2 aromatic rings. The summed E-state index contributed by atoms with van der Waals surface area (Å²) in [7, 11) is 0. The number of halogens is 1. The van der Waals surface area contributed by atoms with Gasteiger partial charge in [-0.1, -0.05) is 44.8 Å². The summed E-state index contributed by atoms with van der Waals surface area (Å²) in [5.41, 5.74) is 2.16. The van der Waals surface area contributed by atoms with Gasteiger partial charge in [-0.2, -0.15) is 4.98 Å². The lowest BCUT2D eigenvalue weighted by atomic mass is 10.1. The molecule has 0 saturated carbocycles. The first-order valence-corrected chi connectivity index (χ1v) is 5.86. The minimum atomic E-state index is -0.290. The number of hydrogen-bond donors (Lipinski definition) is 0. The van der Waals surface area contributed by atoms with Crippen LogP contribution in [0.2, 0.25) is 0 Å². The van der Waals surface area contributed by atoms with Crippen LogP contribution in [0.1, 0.15) is 25.3 Å². The summed E-state index contributed by atoms with van der Waals surface area (Å²) in [5, 5.41) is 3.98. The first kappa shape index (κ1) is 11.3. The van der Waals surface area contributed by atoms with Crippen LogP contribution in [-0.4, -0.2) is 10.1 Å². The summed E-state index contributed by atoms with van der Waals surface area (Å²) in [6.07, 6.45) is 0. The molecule has 0 bridgehead atoms. The minimum Gasteiger partial charge on any atom is -0.337 e. The third-order valence-corrected chi connectivity index (χ3v) is 2.55. The van der Waals surface area contributed by atoms with Crippen molar-refractivity contribution in [3.05, 3.63) is 35.7 Å². The number of aromatic nitrogens is 2. The van der Waals surface area contributed by atoms with Crippen LogP contribution in [0, 0.1) is 6.92 Å². The summed E-state index contributed by atoms with van der Waals surface area (Å²) >= 11 is 3.49. The fourth-order valence-electron chi connectivity index (χ4n) is 1.37. The van der Waals surface area contributed by atoms with Crippen molar-refractivity contribution in [3.63, 3.8) is 0 Å². The molecule has 1 aromatic carbocycles. The van der Waals surface area contributed by atoms with Crippen LogP contribution in [0.4, 0.5) is 0 Å². The molecular weight excluding hydrogens is 268 g/mol. The molecule has 4 heteroatoms. The molecule has 3 nitrogen and oxygen atoms in total. The molecule has 0 aliphatic heterocycles. The molecule has 2 rings (SSSR count). The van der Waals surface area contributed by atoms with Crippen molar-refractivity contribution in [1.29, 1.82) is 0 Å². The Labute approximate surface area is 103 Å². The van der Waals surface area contributed by atoms with Crippen LogP contribution in [0.15, 0.2) is 28.8 Å². The summed E-state index contributed by atoms with van der Waals surface area (Å²) < 4.78 is 4.93. The van der Waals surface area contributed by atoms with Gasteiger partial charge in [0.05, 0.1) is 4.32 Å². The molecule has 0 saturated heterocycles. The predicted octanol–water partition coefficient (Wildman–Crippen LogP) is 3.68. The SMILES string of the molecule is Cc1cccc(-c2noc(C(C)(C)Br)n2)c1. The third-order valence-electron chi connectivity index (χ3n) is 2.21. The van der Waals surface area contributed by atoms with Crippen LogP contribution in [-0.2, 0) is 4.32 Å². The van der Waals surface area contributed by atoms with Crippen LogP contribution < -0.4 is 0 Å². The number of alkyl halides is 1. The van der Waals surface area contributed by atoms with Gasteiger partial charge in [-0.3, -0.25) is 0 Å². The maximum Gasteiger partial charge on any atom is 0.243 e. The van der Waals surface area contributed by atoms with Gasteiger partial charge in [0.2, 0.25) is 11.7 Å². The Balaban J connectivity index is 2.39. The summed E-state index contributed by atoms with van der Waals surface area (Å²) in [5.74, 6) is 1.22. The number of rotatable bonds is 2. The van der Waals surface area contributed by atoms with Gasteiger partial charge in [0, 0.05) is 5.56 Å². The van der Waals surface area contributed by atoms with Crippen molar-refractivity contribution < 1.29 is 4.52 Å². The third kappa shape index (κ3) is 2.32. The van der Waals surface area contributed by atoms with Crippen molar-refractivity contribution >= 4 is 15.9 Å². The average molecular weight is 281 g/mol. The van der Waals surface area contributed by atoms with Gasteiger partial charge in [-0.15, -0.1) is 0 Å². The van der Waals surface area contributed by atoms with E-state index in [4.69, 9.17) is 4.52 Å². The van der Waals surface area contributed by atoms with E-state index < -0.39 is 0 Å². The van der Waals surface area contributed by atoms with Crippen LogP contribution in [0.5, 0.6) is 0 Å². The Kier molecular flexibility index (Phi) is 2.84. The molecule has 16 heavy (non-hydrogen) atoms. The molecule has 0 amide bonds. The lowest BCUT2D eigenvalue weighted by Crippen LogP contribution is -2.06. The molecule has 84 valence electrons. The molecular formula is C12H13BrN2O. The Morgan fingerprint density at radius 3 is 2.62 bits per heavy atom. The van der Waals surface area contributed by atoms with E-state index in [-0.39, 0.29) is 4.32 Å². The van der Waals surface area contributed by atoms with Gasteiger partial charge >= 0.3 is 0 Å². The molecule has 0 spiro atoms. The zero-order valence-electron chi connectivity index (χ0n) is 9.49. The van der Waals surface area contributed by atoms with Gasteiger partial charge in [-0.05, 0) is 26.8 Å². The van der Waals surface area contributed by atoms with E-state index in [1.807, 2.05) is 45.0 Å². The molecule has 0 atom stereocenters. The number of nitrogens with zero attached hydrogens (tertiary/aromatic N) is 2. The Morgan fingerprint density at radius 1 is 1.31 bits per heavy atom. The summed E-state index contributed by atoms with van der Waals surface area (Å²) in [6, 6.07) is 8.04. The predicted molar refractivity (Wildman–Crippen MR) is 66.4 cm³/mol. The standard InChI is InChI=1S/C12H13BrN2O/c1-8-5-4-6-9(7-8)10-14-11(16-15-10)12(2,3)13/h4-7H,1-3H3. The Morgan fingerprint density at radius 2 is 2.06 bits per heavy atom. The normalized spacial score (nSPS) is 11.8. The topological polar surface area (TPSA) is 38.9 Å². The molecule has 1 heterocycles. The molecule has 1 aromatic heterocycles. The number of aryl methyl sites for hydroxylation is 1. The highest BCUT2D eigenvalue weighted by Crippen LogP contribution is 2.29. The van der Waals surface area contributed by atoms with Gasteiger partial charge < -0.3 is 4.52 Å². The summed E-state index contributed by atoms with van der Waals surface area (Å²) in [6.45, 7) is 5.99. The first-order valence-electron chi connectivity index (χ1n) is 5.07. The molecule has 0 aliphatic rings. The second-order valence-electron chi connectivity index (χ2n) is 4.27. The second-order valence-corrected chi connectivity index (χ2v) is 6.25. The van der Waals surface area contributed by atoms with Crippen molar-refractivity contribution in [2.75, 3.05) is 0 Å². The molecule has 0 N–H and O–H groups in total. The minimum absolute atomic E-state index is 0.290. The Bertz CT molecular complexity index is 500. The lowest BCUT2D eigenvalue weighted by molar-refractivity contribution is 0.357. The van der Waals surface area contributed by atoms with Gasteiger partial charge in [0.1, 0.15) is 0 Å². The highest BCUT2D eigenvalue weighted by Gasteiger charge is 2.24. The summed E-state index contributed by atoms with van der Waals surface area (Å²) in [4.78, 5) is 4.37. The van der Waals surface area contributed by atoms with Gasteiger partial charge in [0.15, 0.2) is 0 Å². The van der Waals surface area contributed by atoms with Crippen molar-refractivity contribution in [2.45, 2.75) is 25.1 Å². The maximum atomic E-state index is 5.22. The van der Waals surface area contributed by atoms with E-state index in [0.29, 0.717) is 11.7 Å². The van der Waals surface area contributed by atoms with E-state index in [9.17, 15) is 0 Å². The first-order chi connectivity index (χ1) is 7.47. The van der Waals surface area contributed by atoms with Gasteiger partial charge in [0.25, 0.3) is 0 Å². The zero-order valence-corrected chi connectivity index (χ0v) is 11.1. The second kappa shape index (κ2) is 4.01. The van der Waals surface area contributed by atoms with Gasteiger partial charge in [-0.25, -0.2) is 0 Å².